The minimum absolute atomic E-state index is 0.194. The molecule has 0 saturated carbocycles. The molecule has 0 aromatic carbocycles. The van der Waals surface area contributed by atoms with Gasteiger partial charge in [-0.15, -0.1) is 0 Å². The zero-order valence-electron chi connectivity index (χ0n) is 10.1. The van der Waals surface area contributed by atoms with Gasteiger partial charge < -0.3 is 13.6 Å². The molecule has 0 heterocycles. The predicted octanol–water partition coefficient (Wildman–Crippen LogP) is 1.40. The van der Waals surface area contributed by atoms with Gasteiger partial charge in [-0.25, -0.2) is 4.79 Å². The quantitative estimate of drug-likeness (QED) is 0.394. The lowest BCUT2D eigenvalue weighted by atomic mass is 10.2. The first kappa shape index (κ1) is 14.3. The highest BCUT2D eigenvalue weighted by atomic mass is 28.3. The van der Waals surface area contributed by atoms with Crippen LogP contribution in [0.5, 0.6) is 0 Å². The summed E-state index contributed by atoms with van der Waals surface area (Å²) >= 11 is 0. The molecule has 0 radical (unpaired) electrons. The van der Waals surface area contributed by atoms with Crippen molar-refractivity contribution >= 4 is 15.3 Å². The molecule has 88 valence electrons. The molecule has 0 aliphatic rings. The Morgan fingerprint density at radius 1 is 1.33 bits per heavy atom. The number of hydrogen-bond acceptors (Lipinski definition) is 4. The average Bonchev–Trinajstić information content (AvgIpc) is 2.27. The molecule has 5 heteroatoms. The Hall–Kier alpha value is -0.653. The van der Waals surface area contributed by atoms with Crippen LogP contribution in [0.25, 0.3) is 0 Å². The first-order chi connectivity index (χ1) is 7.10. The molecule has 0 bridgehead atoms. The van der Waals surface area contributed by atoms with E-state index in [1.54, 1.807) is 21.1 Å². The van der Waals surface area contributed by atoms with Crippen molar-refractivity contribution < 1.29 is 18.4 Å². The third-order valence-electron chi connectivity index (χ3n) is 2.26. The maximum Gasteiger partial charge on any atom is 0.333 e. The van der Waals surface area contributed by atoms with Crippen LogP contribution in [0.15, 0.2) is 11.6 Å². The number of rotatable bonds is 6. The van der Waals surface area contributed by atoms with Crippen molar-refractivity contribution in [3.05, 3.63) is 11.6 Å². The molecule has 0 aliphatic heterocycles. The highest BCUT2D eigenvalue weighted by Gasteiger charge is 2.21. The Morgan fingerprint density at radius 3 is 2.20 bits per heavy atom. The predicted molar refractivity (Wildman–Crippen MR) is 61.0 cm³/mol. The minimum atomic E-state index is -1.70. The van der Waals surface area contributed by atoms with Gasteiger partial charge in [-0.2, -0.15) is 0 Å². The Bertz CT molecular complexity index is 223. The molecular formula is C10H20O4Si. The lowest BCUT2D eigenvalue weighted by Gasteiger charge is -2.18. The fourth-order valence-electron chi connectivity index (χ4n) is 1.38. The van der Waals surface area contributed by atoms with Crippen molar-refractivity contribution in [1.29, 1.82) is 0 Å². The molecule has 0 saturated heterocycles. The maximum absolute atomic E-state index is 11.2. The smallest absolute Gasteiger partial charge is 0.333 e. The number of hydrogen-bond donors (Lipinski definition) is 0. The van der Waals surface area contributed by atoms with E-state index >= 15 is 0 Å². The molecule has 0 rings (SSSR count). The summed E-state index contributed by atoms with van der Waals surface area (Å²) in [4.78, 5) is 11.2. The monoisotopic (exact) mass is 232 g/mol. The largest absolute Gasteiger partial charge is 0.466 e. The second-order valence-electron chi connectivity index (χ2n) is 3.25. The van der Waals surface area contributed by atoms with E-state index in [1.807, 2.05) is 13.0 Å². The number of methoxy groups -OCH3 is 1. The van der Waals surface area contributed by atoms with Gasteiger partial charge in [0, 0.05) is 25.3 Å². The van der Waals surface area contributed by atoms with Gasteiger partial charge in [0.2, 0.25) is 0 Å². The number of ether oxygens (including phenoxy) is 1. The lowest BCUT2D eigenvalue weighted by Crippen LogP contribution is -2.25. The third kappa shape index (κ3) is 4.59. The van der Waals surface area contributed by atoms with Crippen molar-refractivity contribution in [2.24, 2.45) is 0 Å². The zero-order chi connectivity index (χ0) is 11.8. The van der Waals surface area contributed by atoms with E-state index in [1.165, 1.54) is 7.11 Å². The van der Waals surface area contributed by atoms with Crippen LogP contribution in [0.1, 0.15) is 20.3 Å². The molecule has 0 N–H and O–H groups in total. The van der Waals surface area contributed by atoms with Crippen LogP contribution in [-0.4, -0.2) is 36.6 Å². The first-order valence-corrected chi connectivity index (χ1v) is 6.53. The molecule has 0 aromatic heterocycles. The second kappa shape index (κ2) is 7.61. The molecule has 0 aromatic rings. The van der Waals surface area contributed by atoms with Crippen LogP contribution in [0.4, 0.5) is 0 Å². The van der Waals surface area contributed by atoms with Gasteiger partial charge in [-0.1, -0.05) is 13.0 Å². The molecule has 1 atom stereocenters. The number of carbonyl (C=O) groups is 1. The fraction of sp³-hybridized carbons (Fsp3) is 0.700. The van der Waals surface area contributed by atoms with Crippen molar-refractivity contribution in [3.8, 4) is 0 Å². The Morgan fingerprint density at radius 2 is 1.87 bits per heavy atom. The highest BCUT2D eigenvalue weighted by molar-refractivity contribution is 6.47. The normalized spacial score (nSPS) is 14.1. The van der Waals surface area contributed by atoms with Crippen LogP contribution >= 0.6 is 0 Å². The molecular weight excluding hydrogens is 212 g/mol. The number of carbonyl (C=O) groups excluding carboxylic acids is 1. The molecule has 4 nitrogen and oxygen atoms in total. The van der Waals surface area contributed by atoms with E-state index in [2.05, 4.69) is 4.74 Å². The van der Waals surface area contributed by atoms with E-state index in [9.17, 15) is 4.79 Å². The van der Waals surface area contributed by atoms with E-state index in [0.717, 1.165) is 6.42 Å². The van der Waals surface area contributed by atoms with Crippen LogP contribution in [0.3, 0.4) is 0 Å². The summed E-state index contributed by atoms with van der Waals surface area (Å²) in [5.41, 5.74) is 0.801. The van der Waals surface area contributed by atoms with Gasteiger partial charge in [0.15, 0.2) is 0 Å². The molecule has 15 heavy (non-hydrogen) atoms. The van der Waals surface area contributed by atoms with Gasteiger partial charge in [0.05, 0.1) is 7.11 Å². The Labute approximate surface area is 93.1 Å². The van der Waals surface area contributed by atoms with Gasteiger partial charge in [-0.3, -0.25) is 0 Å². The van der Waals surface area contributed by atoms with Crippen LogP contribution in [0, 0.1) is 0 Å². The first-order valence-electron chi connectivity index (χ1n) is 4.93. The fourth-order valence-corrected chi connectivity index (χ4v) is 3.11. The summed E-state index contributed by atoms with van der Waals surface area (Å²) in [6.45, 7) is 3.79. The Kier molecular flexibility index (Phi) is 7.28. The van der Waals surface area contributed by atoms with E-state index in [-0.39, 0.29) is 11.5 Å². The standard InChI is InChI=1S/C10H20O4Si/c1-6-9(15(13-4)14-5)7-8(2)10(11)12-3/h7,9,15H,6H2,1-5H3. The van der Waals surface area contributed by atoms with E-state index in [4.69, 9.17) is 8.85 Å². The average molecular weight is 232 g/mol. The topological polar surface area (TPSA) is 44.8 Å². The van der Waals surface area contributed by atoms with E-state index < -0.39 is 9.28 Å². The molecule has 0 spiro atoms. The molecule has 0 aliphatic carbocycles. The molecule has 0 amide bonds. The highest BCUT2D eigenvalue weighted by Crippen LogP contribution is 2.20. The summed E-state index contributed by atoms with van der Waals surface area (Å²) in [7, 11) is 2.96. The van der Waals surface area contributed by atoms with Crippen molar-refractivity contribution in [2.45, 2.75) is 25.8 Å². The molecule has 1 unspecified atom stereocenters. The minimum Gasteiger partial charge on any atom is -0.466 e. The Balaban J connectivity index is 4.61. The van der Waals surface area contributed by atoms with Crippen molar-refractivity contribution in [3.63, 3.8) is 0 Å². The van der Waals surface area contributed by atoms with Crippen LogP contribution < -0.4 is 0 Å². The van der Waals surface area contributed by atoms with E-state index in [0.29, 0.717) is 5.57 Å². The van der Waals surface area contributed by atoms with Crippen LogP contribution in [0.2, 0.25) is 5.54 Å². The summed E-state index contributed by atoms with van der Waals surface area (Å²) in [5, 5.41) is 0. The van der Waals surface area contributed by atoms with Gasteiger partial charge in [0.1, 0.15) is 0 Å². The lowest BCUT2D eigenvalue weighted by molar-refractivity contribution is -0.136. The summed E-state index contributed by atoms with van der Waals surface area (Å²) in [5.74, 6) is -0.298. The second-order valence-corrected chi connectivity index (χ2v) is 5.79. The number of allylic oxidation sites excluding steroid dienone is 1. The zero-order valence-corrected chi connectivity index (χ0v) is 11.2. The third-order valence-corrected chi connectivity index (χ3v) is 4.55. The van der Waals surface area contributed by atoms with Gasteiger partial charge in [0.25, 0.3) is 0 Å². The molecule has 0 fully saturated rings. The van der Waals surface area contributed by atoms with Crippen molar-refractivity contribution in [2.75, 3.05) is 21.3 Å². The maximum atomic E-state index is 11.2. The van der Waals surface area contributed by atoms with Crippen molar-refractivity contribution in [1.82, 2.24) is 0 Å². The summed E-state index contributed by atoms with van der Waals surface area (Å²) < 4.78 is 15.2. The summed E-state index contributed by atoms with van der Waals surface area (Å²) in [6, 6.07) is 0. The summed E-state index contributed by atoms with van der Waals surface area (Å²) in [6.07, 6.45) is 2.78. The van der Waals surface area contributed by atoms with Gasteiger partial charge in [-0.05, 0) is 13.3 Å². The van der Waals surface area contributed by atoms with Crippen LogP contribution in [-0.2, 0) is 18.4 Å². The SMILES string of the molecule is CCC(C=C(C)C(=O)OC)[SiH](OC)OC. The number of esters is 1. The van der Waals surface area contributed by atoms with Gasteiger partial charge >= 0.3 is 15.3 Å².